The monoisotopic (exact) mass is 264 g/mol. The molecule has 0 unspecified atom stereocenters. The molecule has 4 fully saturated rings. The van der Waals surface area contributed by atoms with E-state index in [2.05, 4.69) is 4.90 Å². The third-order valence-corrected chi connectivity index (χ3v) is 6.19. The maximum atomic E-state index is 13.1. The molecule has 0 aromatic heterocycles. The predicted molar refractivity (Wildman–Crippen MR) is 71.9 cm³/mol. The van der Waals surface area contributed by atoms with Crippen LogP contribution < -0.4 is 0 Å². The van der Waals surface area contributed by atoms with Gasteiger partial charge in [0.1, 0.15) is 0 Å². The predicted octanol–water partition coefficient (Wildman–Crippen LogP) is 1.88. The molecule has 0 aromatic rings. The van der Waals surface area contributed by atoms with Crippen LogP contribution in [0.25, 0.3) is 0 Å². The van der Waals surface area contributed by atoms with Gasteiger partial charge >= 0.3 is 0 Å². The highest BCUT2D eigenvalue weighted by Gasteiger charge is 2.55. The zero-order valence-electron chi connectivity index (χ0n) is 11.6. The van der Waals surface area contributed by atoms with E-state index >= 15 is 0 Å². The van der Waals surface area contributed by atoms with Crippen LogP contribution in [0.1, 0.15) is 44.9 Å². The van der Waals surface area contributed by atoms with Crippen LogP contribution in [0.2, 0.25) is 0 Å². The Labute approximate surface area is 114 Å². The first kappa shape index (κ1) is 12.2. The number of carbonyl (C=O) groups excluding carboxylic acids is 1. The maximum Gasteiger partial charge on any atom is 0.222 e. The van der Waals surface area contributed by atoms with Gasteiger partial charge in [-0.05, 0) is 38.5 Å². The summed E-state index contributed by atoms with van der Waals surface area (Å²) < 4.78 is 0.0772. The molecule has 0 saturated carbocycles. The number of carbonyl (C=O) groups is 1. The van der Waals surface area contributed by atoms with Gasteiger partial charge in [-0.3, -0.25) is 4.79 Å². The van der Waals surface area contributed by atoms with E-state index in [4.69, 9.17) is 0 Å². The Hall–Kier alpha value is -0.610. The Morgan fingerprint density at radius 1 is 1.11 bits per heavy atom. The molecule has 4 nitrogen and oxygen atoms in total. The fourth-order valence-electron chi connectivity index (χ4n) is 5.55. The zero-order chi connectivity index (χ0) is 13.0. The Balaban J connectivity index is 1.69. The lowest BCUT2D eigenvalue weighted by Crippen LogP contribution is -2.71. The average molecular weight is 264 g/mol. The van der Waals surface area contributed by atoms with E-state index in [0.29, 0.717) is 29.8 Å². The molecule has 1 amide bonds. The summed E-state index contributed by atoms with van der Waals surface area (Å²) in [7, 11) is 0. The van der Waals surface area contributed by atoms with Crippen molar-refractivity contribution in [2.45, 2.75) is 57.0 Å². The molecule has 4 rings (SSSR count). The largest absolute Gasteiger partial charge is 0.633 e. The normalized spacial score (nSPS) is 49.5. The van der Waals surface area contributed by atoms with Gasteiger partial charge < -0.3 is 14.8 Å². The van der Waals surface area contributed by atoms with Crippen molar-refractivity contribution in [1.82, 2.24) is 4.90 Å². The molecule has 4 aliphatic heterocycles. The van der Waals surface area contributed by atoms with Crippen molar-refractivity contribution >= 4 is 5.91 Å². The molecular formula is C15H24N2O2. The highest BCUT2D eigenvalue weighted by molar-refractivity contribution is 5.77. The van der Waals surface area contributed by atoms with Crippen LogP contribution in [-0.4, -0.2) is 47.2 Å². The number of amides is 1. The van der Waals surface area contributed by atoms with Crippen LogP contribution in [-0.2, 0) is 4.79 Å². The van der Waals surface area contributed by atoms with Gasteiger partial charge in [0.15, 0.2) is 0 Å². The number of quaternary nitrogens is 1. The third kappa shape index (κ3) is 1.69. The lowest BCUT2D eigenvalue weighted by Gasteiger charge is -2.64. The van der Waals surface area contributed by atoms with Gasteiger partial charge in [0, 0.05) is 30.8 Å². The zero-order valence-corrected chi connectivity index (χ0v) is 11.6. The van der Waals surface area contributed by atoms with E-state index in [1.54, 1.807) is 0 Å². The van der Waals surface area contributed by atoms with Gasteiger partial charge in [0.05, 0.1) is 19.1 Å². The SMILES string of the molecule is O=C1CCC[C@@H]2[C@H]3CCC[N@+]4([O-])CCC[C@@H](CN12)[C@@H]34. The Morgan fingerprint density at radius 2 is 1.89 bits per heavy atom. The van der Waals surface area contributed by atoms with E-state index in [0.717, 1.165) is 51.7 Å². The van der Waals surface area contributed by atoms with E-state index in [1.807, 2.05) is 0 Å². The number of hydroxylamine groups is 3. The van der Waals surface area contributed by atoms with Gasteiger partial charge in [-0.25, -0.2) is 0 Å². The summed E-state index contributed by atoms with van der Waals surface area (Å²) in [6, 6.07) is 0.710. The third-order valence-electron chi connectivity index (χ3n) is 6.19. The second kappa shape index (κ2) is 4.19. The van der Waals surface area contributed by atoms with Crippen molar-refractivity contribution in [2.75, 3.05) is 19.6 Å². The summed E-state index contributed by atoms with van der Waals surface area (Å²) in [6.07, 6.45) is 7.38. The summed E-state index contributed by atoms with van der Waals surface area (Å²) in [4.78, 5) is 14.3. The fraction of sp³-hybridized carbons (Fsp3) is 0.933. The molecule has 0 bridgehead atoms. The molecule has 4 saturated heterocycles. The molecule has 0 aliphatic carbocycles. The molecule has 19 heavy (non-hydrogen) atoms. The second-order valence-corrected chi connectivity index (χ2v) is 7.10. The molecule has 4 aliphatic rings. The lowest BCUT2D eigenvalue weighted by atomic mass is 9.67. The van der Waals surface area contributed by atoms with Crippen molar-refractivity contribution in [3.05, 3.63) is 5.21 Å². The number of hydrogen-bond acceptors (Lipinski definition) is 2. The van der Waals surface area contributed by atoms with E-state index < -0.39 is 0 Å². The minimum atomic E-state index is 0.0772. The summed E-state index contributed by atoms with van der Waals surface area (Å²) in [6.45, 7) is 2.55. The minimum absolute atomic E-state index is 0.0772. The number of piperidine rings is 4. The van der Waals surface area contributed by atoms with Crippen LogP contribution >= 0.6 is 0 Å². The number of hydrogen-bond donors (Lipinski definition) is 0. The van der Waals surface area contributed by atoms with Crippen LogP contribution in [0, 0.1) is 17.0 Å². The van der Waals surface area contributed by atoms with Crippen molar-refractivity contribution in [3.63, 3.8) is 0 Å². The van der Waals surface area contributed by atoms with Crippen LogP contribution in [0.15, 0.2) is 0 Å². The van der Waals surface area contributed by atoms with Crippen LogP contribution in [0.3, 0.4) is 0 Å². The standard InChI is InChI=1S/C15H24N2O2/c18-14-7-1-6-13-12-5-3-9-17(19)8-2-4-11(15(12)17)10-16(13)14/h11-13,15H,1-10H2/t11-,12+,13+,15-,17+/m0/s1. The number of rotatable bonds is 0. The summed E-state index contributed by atoms with van der Waals surface area (Å²) in [5.74, 6) is 1.33. The smallest absolute Gasteiger partial charge is 0.222 e. The van der Waals surface area contributed by atoms with E-state index in [9.17, 15) is 10.0 Å². The Morgan fingerprint density at radius 3 is 2.74 bits per heavy atom. The van der Waals surface area contributed by atoms with Crippen LogP contribution in [0.5, 0.6) is 0 Å². The number of nitrogens with zero attached hydrogens (tertiary/aromatic N) is 2. The molecule has 0 spiro atoms. The molecule has 106 valence electrons. The first-order chi connectivity index (χ1) is 9.19. The summed E-state index contributed by atoms with van der Waals surface area (Å²) in [5.41, 5.74) is 0. The van der Waals surface area contributed by atoms with Gasteiger partial charge in [-0.1, -0.05) is 0 Å². The lowest BCUT2D eigenvalue weighted by molar-refractivity contribution is -0.925. The fourth-order valence-corrected chi connectivity index (χ4v) is 5.55. The average Bonchev–Trinajstić information content (AvgIpc) is 2.40. The van der Waals surface area contributed by atoms with Gasteiger partial charge in [0.2, 0.25) is 5.91 Å². The van der Waals surface area contributed by atoms with Gasteiger partial charge in [-0.2, -0.15) is 0 Å². The topological polar surface area (TPSA) is 43.4 Å². The van der Waals surface area contributed by atoms with Crippen molar-refractivity contribution in [2.24, 2.45) is 11.8 Å². The first-order valence-electron chi connectivity index (χ1n) is 8.06. The molecule has 5 atom stereocenters. The van der Waals surface area contributed by atoms with Crippen molar-refractivity contribution in [3.8, 4) is 0 Å². The Kier molecular flexibility index (Phi) is 2.68. The summed E-state index contributed by atoms with van der Waals surface area (Å²) >= 11 is 0. The number of fused-ring (bicyclic) bond motifs is 2. The van der Waals surface area contributed by atoms with Crippen molar-refractivity contribution in [1.29, 1.82) is 0 Å². The molecule has 0 N–H and O–H groups in total. The highest BCUT2D eigenvalue weighted by atomic mass is 16.5. The minimum Gasteiger partial charge on any atom is -0.633 e. The maximum absolute atomic E-state index is 13.1. The first-order valence-corrected chi connectivity index (χ1v) is 8.06. The van der Waals surface area contributed by atoms with Crippen molar-refractivity contribution < 1.29 is 9.44 Å². The molecule has 4 heterocycles. The molecular weight excluding hydrogens is 240 g/mol. The molecule has 0 radical (unpaired) electrons. The van der Waals surface area contributed by atoms with Gasteiger partial charge in [-0.15, -0.1) is 0 Å². The van der Waals surface area contributed by atoms with E-state index in [-0.39, 0.29) is 4.65 Å². The van der Waals surface area contributed by atoms with E-state index in [1.165, 1.54) is 12.8 Å². The second-order valence-electron chi connectivity index (χ2n) is 7.10. The van der Waals surface area contributed by atoms with Gasteiger partial charge in [0.25, 0.3) is 0 Å². The highest BCUT2D eigenvalue weighted by Crippen LogP contribution is 2.47. The Bertz CT molecular complexity index is 396. The van der Waals surface area contributed by atoms with Crippen LogP contribution in [0.4, 0.5) is 0 Å². The molecule has 4 heteroatoms. The summed E-state index contributed by atoms with van der Waals surface area (Å²) in [5, 5.41) is 13.1. The molecule has 0 aromatic carbocycles. The quantitative estimate of drug-likeness (QED) is 0.495.